The zero-order valence-corrected chi connectivity index (χ0v) is 11.1. The van der Waals surface area contributed by atoms with Crippen LogP contribution >= 0.6 is 0 Å². The molecular weight excluding hydrogens is 258 g/mol. The van der Waals surface area contributed by atoms with E-state index in [9.17, 15) is 9.59 Å². The van der Waals surface area contributed by atoms with E-state index in [-0.39, 0.29) is 18.6 Å². The summed E-state index contributed by atoms with van der Waals surface area (Å²) in [5.41, 5.74) is 5.40. The van der Waals surface area contributed by atoms with Gasteiger partial charge in [0.25, 0.3) is 5.91 Å². The van der Waals surface area contributed by atoms with E-state index in [1.807, 2.05) is 18.2 Å². The molecule has 1 unspecified atom stereocenters. The average Bonchev–Trinajstić information content (AvgIpc) is 2.51. The van der Waals surface area contributed by atoms with E-state index < -0.39 is 0 Å². The maximum atomic E-state index is 11.6. The van der Waals surface area contributed by atoms with Crippen LogP contribution in [0.4, 0.5) is 5.69 Å². The van der Waals surface area contributed by atoms with Crippen molar-refractivity contribution in [1.29, 1.82) is 0 Å². The van der Waals surface area contributed by atoms with Crippen molar-refractivity contribution in [2.24, 2.45) is 5.10 Å². The van der Waals surface area contributed by atoms with Crippen molar-refractivity contribution in [1.82, 2.24) is 5.43 Å². The Balaban J connectivity index is 1.91. The van der Waals surface area contributed by atoms with E-state index in [2.05, 4.69) is 10.5 Å². The number of hydrogen-bond donors (Lipinski definition) is 1. The number of carbonyl (C=O) groups excluding carboxylic acids is 2. The molecule has 6 heteroatoms. The number of nitrogens with one attached hydrogen (secondary N) is 1. The summed E-state index contributed by atoms with van der Waals surface area (Å²) >= 11 is 0. The van der Waals surface area contributed by atoms with E-state index in [1.165, 1.54) is 0 Å². The van der Waals surface area contributed by atoms with Crippen LogP contribution in [-0.2, 0) is 9.59 Å². The van der Waals surface area contributed by atoms with Crippen LogP contribution in [0.3, 0.4) is 0 Å². The summed E-state index contributed by atoms with van der Waals surface area (Å²) in [4.78, 5) is 23.9. The number of anilines is 1. The number of rotatable bonds is 2. The van der Waals surface area contributed by atoms with Crippen LogP contribution in [0.5, 0.6) is 5.75 Å². The summed E-state index contributed by atoms with van der Waals surface area (Å²) < 4.78 is 5.39. The lowest BCUT2D eigenvalue weighted by atomic mass is 10.0. The number of ether oxygens (including phenoxy) is 1. The van der Waals surface area contributed by atoms with Gasteiger partial charge in [-0.3, -0.25) is 10.2 Å². The third kappa shape index (κ3) is 2.13. The molecule has 0 spiro atoms. The van der Waals surface area contributed by atoms with Crippen molar-refractivity contribution in [2.75, 3.05) is 18.6 Å². The first-order chi connectivity index (χ1) is 9.69. The third-order valence-electron chi connectivity index (χ3n) is 3.60. The Labute approximate surface area is 116 Å². The molecule has 20 heavy (non-hydrogen) atoms. The highest BCUT2D eigenvalue weighted by Crippen LogP contribution is 2.32. The molecule has 104 valence electrons. The molecule has 0 saturated carbocycles. The highest BCUT2D eigenvalue weighted by atomic mass is 16.5. The number of hydrogen-bond acceptors (Lipinski definition) is 5. The van der Waals surface area contributed by atoms with Crippen LogP contribution in [0.1, 0.15) is 18.4 Å². The van der Waals surface area contributed by atoms with Gasteiger partial charge in [0.05, 0.1) is 17.4 Å². The smallest absolute Gasteiger partial charge is 0.264 e. The van der Waals surface area contributed by atoms with Gasteiger partial charge in [0, 0.05) is 12.6 Å². The fourth-order valence-corrected chi connectivity index (χ4v) is 2.33. The van der Waals surface area contributed by atoms with E-state index in [0.717, 1.165) is 36.1 Å². The van der Waals surface area contributed by atoms with Gasteiger partial charge in [0.1, 0.15) is 12.0 Å². The predicted molar refractivity (Wildman–Crippen MR) is 74.1 cm³/mol. The molecule has 2 aliphatic rings. The molecule has 1 N–H and O–H groups in total. The van der Waals surface area contributed by atoms with E-state index in [4.69, 9.17) is 4.74 Å². The van der Waals surface area contributed by atoms with Gasteiger partial charge in [-0.05, 0) is 31.0 Å². The van der Waals surface area contributed by atoms with Gasteiger partial charge in [-0.15, -0.1) is 0 Å². The molecule has 3 rings (SSSR count). The summed E-state index contributed by atoms with van der Waals surface area (Å²) in [5, 5.41) is 4.24. The number of aldehydes is 1. The Morgan fingerprint density at radius 3 is 3.05 bits per heavy atom. The molecule has 1 aromatic carbocycles. The van der Waals surface area contributed by atoms with Gasteiger partial charge in [0.15, 0.2) is 6.61 Å². The summed E-state index contributed by atoms with van der Waals surface area (Å²) in [6, 6.07) is 5.46. The molecule has 6 nitrogen and oxygen atoms in total. The highest BCUT2D eigenvalue weighted by Gasteiger charge is 2.24. The van der Waals surface area contributed by atoms with Crippen molar-refractivity contribution < 1.29 is 14.3 Å². The van der Waals surface area contributed by atoms with Gasteiger partial charge < -0.3 is 14.4 Å². The molecule has 0 bridgehead atoms. The minimum atomic E-state index is -0.205. The number of nitrogens with zero attached hydrogens (tertiary/aromatic N) is 2. The second-order valence-electron chi connectivity index (χ2n) is 4.89. The molecule has 2 heterocycles. The monoisotopic (exact) mass is 273 g/mol. The minimum Gasteiger partial charge on any atom is -0.482 e. The second-order valence-corrected chi connectivity index (χ2v) is 4.89. The number of fused-ring (bicyclic) bond motifs is 1. The molecule has 1 atom stereocenters. The summed E-state index contributed by atoms with van der Waals surface area (Å²) in [6.45, 7) is 0.0758. The van der Waals surface area contributed by atoms with Crippen LogP contribution in [0, 0.1) is 0 Å². The summed E-state index contributed by atoms with van der Waals surface area (Å²) in [7, 11) is 1.73. The maximum Gasteiger partial charge on any atom is 0.264 e. The van der Waals surface area contributed by atoms with Gasteiger partial charge in [-0.1, -0.05) is 0 Å². The minimum absolute atomic E-state index is 0.0700. The Hall–Kier alpha value is -2.37. The van der Waals surface area contributed by atoms with Gasteiger partial charge >= 0.3 is 0 Å². The number of carbonyl (C=O) groups is 2. The van der Waals surface area contributed by atoms with E-state index in [1.54, 1.807) is 11.9 Å². The lowest BCUT2D eigenvalue weighted by Gasteiger charge is -2.27. The zero-order valence-electron chi connectivity index (χ0n) is 11.1. The Bertz CT molecular complexity index is 597. The SMILES string of the molecule is CN1C(=O)COc2ccc(C3=NNC(C=O)CC3)cc21. The number of benzene rings is 1. The zero-order chi connectivity index (χ0) is 14.1. The van der Waals surface area contributed by atoms with Gasteiger partial charge in [-0.2, -0.15) is 5.10 Å². The summed E-state index contributed by atoms with van der Waals surface area (Å²) in [6.07, 6.45) is 2.33. The molecule has 0 aromatic heterocycles. The third-order valence-corrected chi connectivity index (χ3v) is 3.60. The first-order valence-electron chi connectivity index (χ1n) is 6.50. The number of hydrazone groups is 1. The van der Waals surface area contributed by atoms with Crippen molar-refractivity contribution in [3.8, 4) is 5.75 Å². The van der Waals surface area contributed by atoms with Crippen molar-refractivity contribution in [3.63, 3.8) is 0 Å². The molecule has 0 saturated heterocycles. The quantitative estimate of drug-likeness (QED) is 0.805. The standard InChI is InChI=1S/C14H15N3O3/c1-17-12-6-9(2-5-13(12)20-8-14(17)19)11-4-3-10(7-18)15-16-11/h2,5-7,10,15H,3-4,8H2,1H3. The maximum absolute atomic E-state index is 11.6. The molecule has 1 amide bonds. The Morgan fingerprint density at radius 1 is 1.50 bits per heavy atom. The largest absolute Gasteiger partial charge is 0.482 e. The average molecular weight is 273 g/mol. The number of amides is 1. The molecule has 1 aromatic rings. The Kier molecular flexibility index (Phi) is 3.14. The van der Waals surface area contributed by atoms with Crippen LogP contribution < -0.4 is 15.1 Å². The molecule has 2 aliphatic heterocycles. The molecule has 0 radical (unpaired) electrons. The van der Waals surface area contributed by atoms with Gasteiger partial charge in [0.2, 0.25) is 0 Å². The Morgan fingerprint density at radius 2 is 2.35 bits per heavy atom. The molecule has 0 fully saturated rings. The van der Waals surface area contributed by atoms with E-state index in [0.29, 0.717) is 5.75 Å². The number of likely N-dealkylation sites (N-methyl/N-ethyl adjacent to an activating group) is 1. The van der Waals surface area contributed by atoms with Crippen LogP contribution in [0.2, 0.25) is 0 Å². The van der Waals surface area contributed by atoms with Crippen LogP contribution in [0.25, 0.3) is 0 Å². The van der Waals surface area contributed by atoms with Crippen molar-refractivity contribution in [2.45, 2.75) is 18.9 Å². The van der Waals surface area contributed by atoms with Crippen molar-refractivity contribution in [3.05, 3.63) is 23.8 Å². The first kappa shape index (κ1) is 12.7. The predicted octanol–water partition coefficient (Wildman–Crippen LogP) is 0.697. The lowest BCUT2D eigenvalue weighted by Crippen LogP contribution is -2.36. The van der Waals surface area contributed by atoms with Crippen molar-refractivity contribution >= 4 is 23.6 Å². The molecular formula is C14H15N3O3. The first-order valence-corrected chi connectivity index (χ1v) is 6.50. The van der Waals surface area contributed by atoms with Crippen LogP contribution in [0.15, 0.2) is 23.3 Å². The fourth-order valence-electron chi connectivity index (χ4n) is 2.33. The van der Waals surface area contributed by atoms with Gasteiger partial charge in [-0.25, -0.2) is 0 Å². The topological polar surface area (TPSA) is 71.0 Å². The van der Waals surface area contributed by atoms with Crippen LogP contribution in [-0.4, -0.2) is 37.6 Å². The highest BCUT2D eigenvalue weighted by molar-refractivity contribution is 6.04. The normalized spacial score (nSPS) is 21.4. The second kappa shape index (κ2) is 4.96. The van der Waals surface area contributed by atoms with E-state index >= 15 is 0 Å². The fraction of sp³-hybridized carbons (Fsp3) is 0.357. The molecule has 0 aliphatic carbocycles. The summed E-state index contributed by atoms with van der Waals surface area (Å²) in [5.74, 6) is 0.630. The lowest BCUT2D eigenvalue weighted by molar-refractivity contribution is -0.121.